The third-order valence-corrected chi connectivity index (χ3v) is 3.78. The Balaban J connectivity index is 2.29. The normalized spacial score (nSPS) is 28.5. The highest BCUT2D eigenvalue weighted by atomic mass is 14.9. The molecule has 0 atom stereocenters. The smallest absolute Gasteiger partial charge is 0.121 e. The lowest BCUT2D eigenvalue weighted by atomic mass is 9.83. The van der Waals surface area contributed by atoms with Crippen LogP contribution in [0.3, 0.4) is 0 Å². The maximum atomic E-state index is 7.67. The van der Waals surface area contributed by atoms with Crippen molar-refractivity contribution in [3.63, 3.8) is 0 Å². The van der Waals surface area contributed by atoms with Gasteiger partial charge in [0, 0.05) is 35.1 Å². The average molecular weight is 231 g/mol. The van der Waals surface area contributed by atoms with Crippen molar-refractivity contribution in [2.75, 3.05) is 0 Å². The van der Waals surface area contributed by atoms with E-state index in [0.29, 0.717) is 5.84 Å². The molecule has 3 nitrogen and oxygen atoms in total. The summed E-state index contributed by atoms with van der Waals surface area (Å²) in [5.41, 5.74) is 3.46. The summed E-state index contributed by atoms with van der Waals surface area (Å²) in [5, 5.41) is 7.67. The Labute approximate surface area is 103 Å². The molecule has 0 saturated heterocycles. The second-order valence-corrected chi connectivity index (χ2v) is 6.40. The highest BCUT2D eigenvalue weighted by Crippen LogP contribution is 2.37. The first kappa shape index (κ1) is 12.2. The van der Waals surface area contributed by atoms with Crippen molar-refractivity contribution in [3.8, 4) is 0 Å². The van der Waals surface area contributed by atoms with E-state index in [1.165, 1.54) is 5.71 Å². The minimum atomic E-state index is -0.0136. The predicted octanol–water partition coefficient (Wildman–Crippen LogP) is 3.61. The number of nitrogens with one attached hydrogen (secondary N) is 1. The third kappa shape index (κ3) is 2.24. The second kappa shape index (κ2) is 3.62. The SMILES string of the molecule is CC1=N/C(=C\C2=NC(=N)CC2(C)C)CC1(C)C. The van der Waals surface area contributed by atoms with Gasteiger partial charge in [-0.05, 0) is 13.0 Å². The van der Waals surface area contributed by atoms with Crippen molar-refractivity contribution in [1.82, 2.24) is 0 Å². The van der Waals surface area contributed by atoms with Gasteiger partial charge in [0.15, 0.2) is 0 Å². The Bertz CT molecular complexity index is 462. The summed E-state index contributed by atoms with van der Waals surface area (Å²) in [6.07, 6.45) is 3.79. The molecule has 0 radical (unpaired) electrons. The van der Waals surface area contributed by atoms with Crippen molar-refractivity contribution in [1.29, 1.82) is 5.41 Å². The van der Waals surface area contributed by atoms with Crippen molar-refractivity contribution in [3.05, 3.63) is 11.8 Å². The molecule has 0 unspecified atom stereocenters. The molecule has 92 valence electrons. The molecule has 0 fully saturated rings. The van der Waals surface area contributed by atoms with Gasteiger partial charge in [0.25, 0.3) is 0 Å². The van der Waals surface area contributed by atoms with E-state index in [0.717, 1.165) is 24.3 Å². The number of nitrogens with zero attached hydrogens (tertiary/aromatic N) is 2. The number of allylic oxidation sites excluding steroid dienone is 2. The molecular weight excluding hydrogens is 210 g/mol. The highest BCUT2D eigenvalue weighted by molar-refractivity contribution is 6.12. The van der Waals surface area contributed by atoms with Crippen LogP contribution in [0.15, 0.2) is 21.8 Å². The average Bonchev–Trinajstić information content (AvgIpc) is 2.51. The molecule has 1 N–H and O–H groups in total. The van der Waals surface area contributed by atoms with Crippen LogP contribution in [0.2, 0.25) is 0 Å². The Morgan fingerprint density at radius 2 is 1.71 bits per heavy atom. The van der Waals surface area contributed by atoms with Crippen LogP contribution in [0.1, 0.15) is 47.5 Å². The Morgan fingerprint density at radius 1 is 1.06 bits per heavy atom. The molecule has 2 rings (SSSR count). The fourth-order valence-corrected chi connectivity index (χ4v) is 2.30. The summed E-state index contributed by atoms with van der Waals surface area (Å²) in [4.78, 5) is 8.95. The van der Waals surface area contributed by atoms with Crippen molar-refractivity contribution in [2.45, 2.75) is 47.5 Å². The number of rotatable bonds is 1. The topological polar surface area (TPSA) is 48.6 Å². The number of aliphatic imine (C=N–C) groups is 2. The molecule has 2 aliphatic rings. The van der Waals surface area contributed by atoms with E-state index < -0.39 is 0 Å². The van der Waals surface area contributed by atoms with Crippen LogP contribution in [0.5, 0.6) is 0 Å². The molecule has 2 aliphatic heterocycles. The van der Waals surface area contributed by atoms with Gasteiger partial charge in [-0.25, -0.2) is 4.99 Å². The molecule has 3 heteroatoms. The zero-order valence-corrected chi connectivity index (χ0v) is 11.4. The fourth-order valence-electron chi connectivity index (χ4n) is 2.30. The summed E-state index contributed by atoms with van der Waals surface area (Å²) in [5.74, 6) is 0.486. The van der Waals surface area contributed by atoms with Gasteiger partial charge >= 0.3 is 0 Å². The first-order valence-electron chi connectivity index (χ1n) is 6.14. The van der Waals surface area contributed by atoms with E-state index in [2.05, 4.69) is 50.7 Å². The second-order valence-electron chi connectivity index (χ2n) is 6.40. The summed E-state index contributed by atoms with van der Waals surface area (Å²) >= 11 is 0. The lowest BCUT2D eigenvalue weighted by molar-refractivity contribution is 0.538. The van der Waals surface area contributed by atoms with Crippen molar-refractivity contribution >= 4 is 17.3 Å². The largest absolute Gasteiger partial charge is 0.287 e. The summed E-state index contributed by atoms with van der Waals surface area (Å²) in [6, 6.07) is 0. The van der Waals surface area contributed by atoms with Gasteiger partial charge in [-0.3, -0.25) is 10.4 Å². The molecule has 0 aromatic carbocycles. The molecule has 0 aromatic rings. The highest BCUT2D eigenvalue weighted by Gasteiger charge is 2.34. The van der Waals surface area contributed by atoms with Gasteiger partial charge in [0.05, 0.1) is 5.71 Å². The van der Waals surface area contributed by atoms with Crippen molar-refractivity contribution in [2.24, 2.45) is 20.8 Å². The van der Waals surface area contributed by atoms with Gasteiger partial charge in [0.2, 0.25) is 0 Å². The van der Waals surface area contributed by atoms with Crippen LogP contribution < -0.4 is 0 Å². The van der Waals surface area contributed by atoms with E-state index in [1.807, 2.05) is 0 Å². The summed E-state index contributed by atoms with van der Waals surface area (Å²) < 4.78 is 0. The summed E-state index contributed by atoms with van der Waals surface area (Å²) in [7, 11) is 0. The maximum absolute atomic E-state index is 7.67. The minimum Gasteiger partial charge on any atom is -0.287 e. The molecule has 17 heavy (non-hydrogen) atoms. The molecule has 0 aromatic heterocycles. The van der Waals surface area contributed by atoms with E-state index in [9.17, 15) is 0 Å². The van der Waals surface area contributed by atoms with Gasteiger partial charge in [0.1, 0.15) is 5.84 Å². The summed E-state index contributed by atoms with van der Waals surface area (Å²) in [6.45, 7) is 10.8. The molecule has 0 aliphatic carbocycles. The third-order valence-electron chi connectivity index (χ3n) is 3.78. The van der Waals surface area contributed by atoms with Crippen LogP contribution in [-0.2, 0) is 0 Å². The van der Waals surface area contributed by atoms with Gasteiger partial charge in [-0.15, -0.1) is 0 Å². The van der Waals surface area contributed by atoms with Crippen LogP contribution >= 0.6 is 0 Å². The lowest BCUT2D eigenvalue weighted by Crippen LogP contribution is -2.18. The first-order chi connectivity index (χ1) is 7.71. The Morgan fingerprint density at radius 3 is 2.12 bits per heavy atom. The van der Waals surface area contributed by atoms with Crippen LogP contribution in [0.4, 0.5) is 0 Å². The quantitative estimate of drug-likeness (QED) is 0.716. The van der Waals surface area contributed by atoms with Crippen LogP contribution in [0, 0.1) is 16.2 Å². The van der Waals surface area contributed by atoms with Crippen molar-refractivity contribution < 1.29 is 0 Å². The van der Waals surface area contributed by atoms with E-state index in [-0.39, 0.29) is 10.8 Å². The standard InChI is InChI=1S/C14H21N3/c1-9-13(2,3)7-10(16-9)6-11-14(4,5)8-12(15)17-11/h6,15H,7-8H2,1-5H3/b10-6-,15-12?. The zero-order valence-electron chi connectivity index (χ0n) is 11.4. The monoisotopic (exact) mass is 231 g/mol. The lowest BCUT2D eigenvalue weighted by Gasteiger charge is -2.18. The maximum Gasteiger partial charge on any atom is 0.121 e. The van der Waals surface area contributed by atoms with Crippen LogP contribution in [0.25, 0.3) is 0 Å². The zero-order chi connectivity index (χ0) is 12.8. The minimum absolute atomic E-state index is 0.0136. The van der Waals surface area contributed by atoms with E-state index in [4.69, 9.17) is 5.41 Å². The van der Waals surface area contributed by atoms with Gasteiger partial charge in [-0.2, -0.15) is 0 Å². The fraction of sp³-hybridized carbons (Fsp3) is 0.643. The Hall–Kier alpha value is -1.25. The number of amidine groups is 1. The van der Waals surface area contributed by atoms with Gasteiger partial charge in [-0.1, -0.05) is 27.7 Å². The molecule has 0 amide bonds. The first-order valence-corrected chi connectivity index (χ1v) is 6.14. The number of hydrogen-bond donors (Lipinski definition) is 1. The Kier molecular flexibility index (Phi) is 2.60. The van der Waals surface area contributed by atoms with Gasteiger partial charge < -0.3 is 0 Å². The number of hydrogen-bond acceptors (Lipinski definition) is 2. The molecular formula is C14H21N3. The molecule has 2 heterocycles. The van der Waals surface area contributed by atoms with Crippen LogP contribution in [-0.4, -0.2) is 17.3 Å². The van der Waals surface area contributed by atoms with E-state index in [1.54, 1.807) is 0 Å². The van der Waals surface area contributed by atoms with E-state index >= 15 is 0 Å². The molecule has 0 saturated carbocycles. The molecule has 0 spiro atoms. The predicted molar refractivity (Wildman–Crippen MR) is 73.1 cm³/mol. The molecule has 0 bridgehead atoms.